The van der Waals surface area contributed by atoms with E-state index in [0.717, 1.165) is 0 Å². The lowest BCUT2D eigenvalue weighted by Gasteiger charge is -1.89. The molecule has 3 heterocycles. The SMILES string of the molecule is O=c1[nH]c(=O)c2cc(-n3nccn3)sc2[nH]1. The molecule has 0 atom stereocenters. The van der Waals surface area contributed by atoms with Gasteiger partial charge >= 0.3 is 5.69 Å². The minimum Gasteiger partial charge on any atom is -0.298 e. The van der Waals surface area contributed by atoms with E-state index in [-0.39, 0.29) is 0 Å². The predicted molar refractivity (Wildman–Crippen MR) is 58.0 cm³/mol. The van der Waals surface area contributed by atoms with E-state index in [1.807, 2.05) is 0 Å². The fourth-order valence-electron chi connectivity index (χ4n) is 1.37. The zero-order chi connectivity index (χ0) is 11.1. The van der Waals surface area contributed by atoms with E-state index in [4.69, 9.17) is 0 Å². The van der Waals surface area contributed by atoms with Gasteiger partial charge in [-0.1, -0.05) is 11.3 Å². The lowest BCUT2D eigenvalue weighted by molar-refractivity contribution is 0.765. The molecule has 0 amide bonds. The van der Waals surface area contributed by atoms with Crippen molar-refractivity contribution in [3.63, 3.8) is 0 Å². The van der Waals surface area contributed by atoms with E-state index in [0.29, 0.717) is 15.2 Å². The van der Waals surface area contributed by atoms with Crippen LogP contribution in [-0.4, -0.2) is 25.0 Å². The topological polar surface area (TPSA) is 96.4 Å². The zero-order valence-corrected chi connectivity index (χ0v) is 8.61. The van der Waals surface area contributed by atoms with Crippen molar-refractivity contribution in [2.24, 2.45) is 0 Å². The number of hydrogen-bond donors (Lipinski definition) is 2. The van der Waals surface area contributed by atoms with Gasteiger partial charge in [-0.05, 0) is 6.07 Å². The molecule has 0 aliphatic heterocycles. The third-order valence-electron chi connectivity index (χ3n) is 2.03. The van der Waals surface area contributed by atoms with Gasteiger partial charge in [0.2, 0.25) is 0 Å². The van der Waals surface area contributed by atoms with Crippen molar-refractivity contribution in [3.05, 3.63) is 39.3 Å². The van der Waals surface area contributed by atoms with E-state index in [9.17, 15) is 9.59 Å². The van der Waals surface area contributed by atoms with Gasteiger partial charge in [-0.3, -0.25) is 14.8 Å². The van der Waals surface area contributed by atoms with E-state index >= 15 is 0 Å². The number of nitrogens with one attached hydrogen (secondary N) is 2. The molecule has 16 heavy (non-hydrogen) atoms. The molecule has 0 saturated carbocycles. The Morgan fingerprint density at radius 2 is 1.94 bits per heavy atom. The van der Waals surface area contributed by atoms with E-state index in [2.05, 4.69) is 20.2 Å². The van der Waals surface area contributed by atoms with Crippen molar-refractivity contribution in [2.75, 3.05) is 0 Å². The van der Waals surface area contributed by atoms with Crippen molar-refractivity contribution < 1.29 is 0 Å². The van der Waals surface area contributed by atoms with E-state index < -0.39 is 11.2 Å². The number of rotatable bonds is 1. The van der Waals surface area contributed by atoms with Crippen molar-refractivity contribution in [2.45, 2.75) is 0 Å². The standard InChI is InChI=1S/C8H5N5O2S/c14-6-4-3-5(13-9-1-2-10-13)16-7(4)12-8(15)11-6/h1-3H,(H2,11,12,14,15). The van der Waals surface area contributed by atoms with Gasteiger partial charge in [0.1, 0.15) is 9.83 Å². The Hall–Kier alpha value is -2.22. The first-order chi connectivity index (χ1) is 7.74. The minimum absolute atomic E-state index is 0.409. The third kappa shape index (κ3) is 1.27. The molecule has 80 valence electrons. The summed E-state index contributed by atoms with van der Waals surface area (Å²) in [5.41, 5.74) is -0.923. The van der Waals surface area contributed by atoms with Gasteiger partial charge in [0.05, 0.1) is 17.8 Å². The van der Waals surface area contributed by atoms with Crippen LogP contribution in [0.2, 0.25) is 0 Å². The van der Waals surface area contributed by atoms with Crippen LogP contribution < -0.4 is 11.2 Å². The molecule has 0 aliphatic carbocycles. The summed E-state index contributed by atoms with van der Waals surface area (Å²) >= 11 is 1.25. The number of thiophene rings is 1. The van der Waals surface area contributed by atoms with Gasteiger partial charge in [-0.25, -0.2) is 4.79 Å². The molecule has 0 saturated heterocycles. The molecule has 0 fully saturated rings. The summed E-state index contributed by atoms with van der Waals surface area (Å²) in [5, 5.41) is 8.99. The summed E-state index contributed by atoms with van der Waals surface area (Å²) < 4.78 is 0. The normalized spacial score (nSPS) is 11.0. The molecule has 3 aromatic heterocycles. The van der Waals surface area contributed by atoms with Gasteiger partial charge < -0.3 is 0 Å². The Kier molecular flexibility index (Phi) is 1.77. The maximum absolute atomic E-state index is 11.5. The van der Waals surface area contributed by atoms with Crippen LogP contribution in [0.4, 0.5) is 0 Å². The lowest BCUT2D eigenvalue weighted by atomic mass is 10.4. The van der Waals surface area contributed by atoms with Crippen molar-refractivity contribution in [1.29, 1.82) is 0 Å². The Morgan fingerprint density at radius 1 is 1.19 bits per heavy atom. The van der Waals surface area contributed by atoms with E-state index in [1.165, 1.54) is 28.5 Å². The molecule has 0 unspecified atom stereocenters. The highest BCUT2D eigenvalue weighted by atomic mass is 32.1. The second-order valence-corrected chi connectivity index (χ2v) is 4.08. The molecule has 3 aromatic rings. The highest BCUT2D eigenvalue weighted by Crippen LogP contribution is 2.21. The smallest absolute Gasteiger partial charge is 0.298 e. The Morgan fingerprint density at radius 3 is 2.69 bits per heavy atom. The molecule has 8 heteroatoms. The lowest BCUT2D eigenvalue weighted by Crippen LogP contribution is -2.20. The van der Waals surface area contributed by atoms with Crippen molar-refractivity contribution in [1.82, 2.24) is 25.0 Å². The van der Waals surface area contributed by atoms with Crippen LogP contribution in [0.5, 0.6) is 0 Å². The maximum atomic E-state index is 11.5. The van der Waals surface area contributed by atoms with Gasteiger partial charge in [-0.15, -0.1) is 4.80 Å². The largest absolute Gasteiger partial charge is 0.326 e. The Labute approximate surface area is 91.4 Å². The number of hydrogen-bond acceptors (Lipinski definition) is 5. The second kappa shape index (κ2) is 3.14. The molecule has 0 aromatic carbocycles. The highest BCUT2D eigenvalue weighted by Gasteiger charge is 2.08. The number of fused-ring (bicyclic) bond motifs is 1. The van der Waals surface area contributed by atoms with Crippen LogP contribution in [-0.2, 0) is 0 Å². The highest BCUT2D eigenvalue weighted by molar-refractivity contribution is 7.20. The third-order valence-corrected chi connectivity index (χ3v) is 3.05. The molecule has 0 aliphatic rings. The number of aromatic amines is 2. The van der Waals surface area contributed by atoms with Gasteiger partial charge in [0, 0.05) is 0 Å². The summed E-state index contributed by atoms with van der Waals surface area (Å²) in [5.74, 6) is 0. The second-order valence-electron chi connectivity index (χ2n) is 3.05. The molecule has 7 nitrogen and oxygen atoms in total. The minimum atomic E-state index is -0.515. The van der Waals surface area contributed by atoms with Crippen molar-refractivity contribution in [3.8, 4) is 5.00 Å². The zero-order valence-electron chi connectivity index (χ0n) is 7.80. The number of nitrogens with zero attached hydrogens (tertiary/aromatic N) is 3. The molecular weight excluding hydrogens is 230 g/mol. The quantitative estimate of drug-likeness (QED) is 0.613. The molecular formula is C8H5N5O2S. The first-order valence-electron chi connectivity index (χ1n) is 4.37. The summed E-state index contributed by atoms with van der Waals surface area (Å²) in [4.78, 5) is 29.1. The molecule has 0 bridgehead atoms. The van der Waals surface area contributed by atoms with Gasteiger partial charge in [0.15, 0.2) is 0 Å². The molecule has 0 radical (unpaired) electrons. The molecule has 0 spiro atoms. The summed E-state index contributed by atoms with van der Waals surface area (Å²) in [7, 11) is 0. The fraction of sp³-hybridized carbons (Fsp3) is 0. The van der Waals surface area contributed by atoms with Gasteiger partial charge in [-0.2, -0.15) is 10.2 Å². The van der Waals surface area contributed by atoms with Gasteiger partial charge in [0.25, 0.3) is 5.56 Å². The summed E-state index contributed by atoms with van der Waals surface area (Å²) in [6.07, 6.45) is 3.08. The number of H-pyrrole nitrogens is 2. The Bertz CT molecular complexity index is 751. The monoisotopic (exact) mass is 235 g/mol. The van der Waals surface area contributed by atoms with E-state index in [1.54, 1.807) is 6.07 Å². The Balaban J connectivity index is 2.36. The van der Waals surface area contributed by atoms with Crippen LogP contribution in [0.3, 0.4) is 0 Å². The summed E-state index contributed by atoms with van der Waals surface area (Å²) in [6.45, 7) is 0. The van der Waals surface area contributed by atoms with Crippen LogP contribution in [0, 0.1) is 0 Å². The van der Waals surface area contributed by atoms with Crippen LogP contribution in [0.15, 0.2) is 28.0 Å². The summed E-state index contributed by atoms with van der Waals surface area (Å²) in [6, 6.07) is 1.63. The fourth-order valence-corrected chi connectivity index (χ4v) is 2.34. The van der Waals surface area contributed by atoms with Crippen molar-refractivity contribution >= 4 is 21.6 Å². The first-order valence-corrected chi connectivity index (χ1v) is 5.18. The average molecular weight is 235 g/mol. The molecule has 3 rings (SSSR count). The average Bonchev–Trinajstić information content (AvgIpc) is 2.82. The first kappa shape index (κ1) is 9.04. The maximum Gasteiger partial charge on any atom is 0.326 e. The van der Waals surface area contributed by atoms with Crippen LogP contribution in [0.1, 0.15) is 0 Å². The van der Waals surface area contributed by atoms with Crippen LogP contribution in [0.25, 0.3) is 15.2 Å². The number of aromatic nitrogens is 5. The predicted octanol–water partition coefficient (Wildman–Crippen LogP) is -0.141. The molecule has 2 N–H and O–H groups in total. The van der Waals surface area contributed by atoms with Crippen LogP contribution >= 0.6 is 11.3 Å².